The lowest BCUT2D eigenvalue weighted by Gasteiger charge is -2.49. The number of nitrogens with zero attached hydrogens (tertiary/aromatic N) is 6. The quantitative estimate of drug-likeness (QED) is 0.0721. The van der Waals surface area contributed by atoms with Gasteiger partial charge in [0.05, 0.1) is 6.20 Å². The maximum atomic E-state index is 13.1. The fourth-order valence-electron chi connectivity index (χ4n) is 5.27. The molecule has 1 aromatic rings. The number of carbonyl (C=O) groups is 5. The first kappa shape index (κ1) is 30.7. The lowest BCUT2D eigenvalue weighted by molar-refractivity contribution is -0.150. The second kappa shape index (κ2) is 12.6. The predicted octanol–water partition coefficient (Wildman–Crippen LogP) is -0.675. The molecule has 0 unspecified atom stereocenters. The number of thiazole rings is 1. The molecule has 0 saturated carbocycles. The number of nitrogens with two attached hydrogens (primary N) is 1. The molecule has 0 bridgehead atoms. The molecule has 6 rings (SSSR count). The van der Waals surface area contributed by atoms with E-state index in [-0.39, 0.29) is 45.2 Å². The zero-order chi connectivity index (χ0) is 31.8. The largest absolute Gasteiger partial charge is 0.477 e. The molecule has 0 radical (unpaired) electrons. The van der Waals surface area contributed by atoms with Gasteiger partial charge in [-0.25, -0.2) is 19.2 Å². The van der Waals surface area contributed by atoms with Gasteiger partial charge in [0.25, 0.3) is 23.6 Å². The molecule has 17 nitrogen and oxygen atoms in total. The fraction of sp³-hybridized carbons (Fsp3) is 0.400. The first-order valence-corrected chi connectivity index (χ1v) is 16.6. The molecule has 6 heterocycles. The third-order valence-electron chi connectivity index (χ3n) is 7.43. The van der Waals surface area contributed by atoms with Crippen LogP contribution in [0.1, 0.15) is 25.0 Å². The molecule has 45 heavy (non-hydrogen) atoms. The van der Waals surface area contributed by atoms with E-state index in [1.54, 1.807) is 11.1 Å². The Bertz CT molecular complexity index is 1580. The van der Waals surface area contributed by atoms with Gasteiger partial charge in [0, 0.05) is 36.2 Å². The number of hydrogen-bond acceptors (Lipinski definition) is 15. The Kier molecular flexibility index (Phi) is 8.62. The SMILES string of the molecule is CON=C(C(=O)N[C@@H]1C(=O)N2C(C(=O)O)=C(CSN3C=C4NC=C(C(=O)N5CCCCC5)C(=O)N4N3)CS[C@H]12)c1csc(N)n1. The summed E-state index contributed by atoms with van der Waals surface area (Å²) in [5.74, 6) is -2.56. The average molecular weight is 677 g/mol. The molecule has 6 N–H and O–H groups in total. The Morgan fingerprint density at radius 1 is 1.27 bits per heavy atom. The molecule has 1 aromatic heterocycles. The number of aromatic nitrogens is 1. The minimum atomic E-state index is -1.28. The van der Waals surface area contributed by atoms with Crippen molar-refractivity contribution in [2.24, 2.45) is 5.16 Å². The second-order valence-corrected chi connectivity index (χ2v) is 13.2. The standard InChI is InChI=1S/C25H28N10O7S3/c1-42-30-16(14-11-44-25(26)28-14)19(36)29-17-22(39)34-18(24(40)41)12(9-43-23(17)34)10-45-33-8-15-27-7-13(21(38)35(15)31-33)20(37)32-5-3-2-4-6-32/h7-8,11,17,23,27,31H,2-6,9-10H2,1H3,(H2,26,28)(H,29,36)(H,40,41)/t17-,23-/m1/s1. The smallest absolute Gasteiger partial charge is 0.352 e. The zero-order valence-corrected chi connectivity index (χ0v) is 26.2. The van der Waals surface area contributed by atoms with Crippen LogP contribution in [-0.4, -0.2) is 108 Å². The molecule has 4 amide bonds. The highest BCUT2D eigenvalue weighted by molar-refractivity contribution is 8.00. The highest BCUT2D eigenvalue weighted by Crippen LogP contribution is 2.41. The molecule has 0 spiro atoms. The van der Waals surface area contributed by atoms with Gasteiger partial charge >= 0.3 is 5.97 Å². The molecule has 238 valence electrons. The summed E-state index contributed by atoms with van der Waals surface area (Å²) in [5.41, 5.74) is 8.92. The molecule has 5 aliphatic heterocycles. The first-order valence-electron chi connectivity index (χ1n) is 13.7. The van der Waals surface area contributed by atoms with E-state index >= 15 is 0 Å². The summed E-state index contributed by atoms with van der Waals surface area (Å²) >= 11 is 3.59. The highest BCUT2D eigenvalue weighted by atomic mass is 32.2. The number of nitrogens with one attached hydrogen (secondary N) is 3. The Hall–Kier alpha value is -4.27. The van der Waals surface area contributed by atoms with E-state index in [0.717, 1.165) is 35.5 Å². The van der Waals surface area contributed by atoms with Gasteiger partial charge < -0.3 is 31.2 Å². The number of aliphatic carboxylic acids is 1. The van der Waals surface area contributed by atoms with E-state index in [0.29, 0.717) is 24.5 Å². The van der Waals surface area contributed by atoms with Crippen LogP contribution in [0, 0.1) is 0 Å². The van der Waals surface area contributed by atoms with Gasteiger partial charge in [0.15, 0.2) is 10.8 Å². The van der Waals surface area contributed by atoms with Crippen LogP contribution in [0.5, 0.6) is 0 Å². The first-order chi connectivity index (χ1) is 21.7. The molecule has 2 fully saturated rings. The molecule has 2 atom stereocenters. The number of hydrazine groups is 2. The number of carboxylic acid groups (broad SMARTS) is 1. The van der Waals surface area contributed by atoms with Crippen LogP contribution in [-0.2, 0) is 28.8 Å². The highest BCUT2D eigenvalue weighted by Gasteiger charge is 2.54. The number of piperidine rings is 1. The third kappa shape index (κ3) is 5.80. The number of carboxylic acids is 1. The molecule has 0 aliphatic carbocycles. The van der Waals surface area contributed by atoms with Gasteiger partial charge in [0.1, 0.15) is 41.3 Å². The summed E-state index contributed by atoms with van der Waals surface area (Å²) in [4.78, 5) is 76.1. The van der Waals surface area contributed by atoms with Crippen LogP contribution in [0.2, 0.25) is 0 Å². The Morgan fingerprint density at radius 3 is 2.73 bits per heavy atom. The Labute approximate surface area is 268 Å². The number of fused-ring (bicyclic) bond motifs is 2. The summed E-state index contributed by atoms with van der Waals surface area (Å²) in [7, 11) is 1.26. The second-order valence-electron chi connectivity index (χ2n) is 10.2. The van der Waals surface area contributed by atoms with Crippen LogP contribution in [0.3, 0.4) is 0 Å². The van der Waals surface area contributed by atoms with Crippen molar-refractivity contribution in [1.82, 2.24) is 40.4 Å². The summed E-state index contributed by atoms with van der Waals surface area (Å²) in [5, 5.41) is 21.7. The van der Waals surface area contributed by atoms with Gasteiger partial charge in [0.2, 0.25) is 0 Å². The van der Waals surface area contributed by atoms with E-state index in [1.165, 1.54) is 51.8 Å². The number of thioether (sulfide) groups is 1. The van der Waals surface area contributed by atoms with E-state index in [1.807, 2.05) is 0 Å². The van der Waals surface area contributed by atoms with Gasteiger partial charge in [-0.1, -0.05) is 5.16 Å². The monoisotopic (exact) mass is 676 g/mol. The fourth-order valence-corrected chi connectivity index (χ4v) is 8.14. The van der Waals surface area contributed by atoms with Crippen molar-refractivity contribution < 1.29 is 33.9 Å². The Morgan fingerprint density at radius 2 is 2.04 bits per heavy atom. The molecular weight excluding hydrogens is 649 g/mol. The van der Waals surface area contributed by atoms with Gasteiger partial charge in [-0.15, -0.1) is 28.6 Å². The maximum Gasteiger partial charge on any atom is 0.352 e. The average Bonchev–Trinajstić information content (AvgIpc) is 3.67. The molecule has 5 aliphatic rings. The van der Waals surface area contributed by atoms with E-state index < -0.39 is 35.1 Å². The van der Waals surface area contributed by atoms with Crippen molar-refractivity contribution in [3.8, 4) is 0 Å². The number of oxime groups is 1. The van der Waals surface area contributed by atoms with Crippen LogP contribution in [0.15, 0.2) is 45.6 Å². The van der Waals surface area contributed by atoms with Crippen molar-refractivity contribution >= 4 is 75.5 Å². The molecule has 20 heteroatoms. The van der Waals surface area contributed by atoms with Crippen molar-refractivity contribution in [2.75, 3.05) is 37.4 Å². The number of amides is 4. The number of rotatable bonds is 9. The summed E-state index contributed by atoms with van der Waals surface area (Å²) in [6, 6.07) is -0.989. The third-order valence-corrected chi connectivity index (χ3v) is 10.4. The topological polar surface area (TPSA) is 215 Å². The molecule has 0 aromatic carbocycles. The normalized spacial score (nSPS) is 23.1. The maximum absolute atomic E-state index is 13.1. The zero-order valence-electron chi connectivity index (χ0n) is 23.7. The van der Waals surface area contributed by atoms with Crippen LogP contribution >= 0.6 is 35.0 Å². The minimum absolute atomic E-state index is 0.0215. The van der Waals surface area contributed by atoms with Gasteiger partial charge in [-0.05, 0) is 36.8 Å². The summed E-state index contributed by atoms with van der Waals surface area (Å²) in [6.07, 6.45) is 5.87. The van der Waals surface area contributed by atoms with E-state index in [4.69, 9.17) is 10.6 Å². The number of likely N-dealkylation sites (tertiary alicyclic amines) is 1. The lowest BCUT2D eigenvalue weighted by Crippen LogP contribution is -2.71. The number of β-lactam (4-membered cyclic amide) rings is 1. The van der Waals surface area contributed by atoms with Crippen LogP contribution in [0.25, 0.3) is 0 Å². The minimum Gasteiger partial charge on any atom is -0.477 e. The summed E-state index contributed by atoms with van der Waals surface area (Å²) < 4.78 is 1.52. The van der Waals surface area contributed by atoms with Crippen molar-refractivity contribution in [1.29, 1.82) is 0 Å². The molecule has 2 saturated heterocycles. The number of carbonyl (C=O) groups excluding carboxylic acids is 4. The predicted molar refractivity (Wildman–Crippen MR) is 164 cm³/mol. The number of anilines is 1. The van der Waals surface area contributed by atoms with Crippen molar-refractivity contribution in [2.45, 2.75) is 30.7 Å². The lowest BCUT2D eigenvalue weighted by atomic mass is 10.0. The van der Waals surface area contributed by atoms with E-state index in [9.17, 15) is 29.1 Å². The summed E-state index contributed by atoms with van der Waals surface area (Å²) in [6.45, 7) is 1.22. The molecular formula is C25H28N10O7S3. The Balaban J connectivity index is 1.08. The van der Waals surface area contributed by atoms with Gasteiger partial charge in [-0.2, -0.15) is 0 Å². The van der Waals surface area contributed by atoms with Crippen LogP contribution in [0.4, 0.5) is 5.13 Å². The van der Waals surface area contributed by atoms with Crippen molar-refractivity contribution in [3.63, 3.8) is 0 Å². The van der Waals surface area contributed by atoms with Crippen molar-refractivity contribution in [3.05, 3.63) is 46.1 Å². The van der Waals surface area contributed by atoms with Gasteiger partial charge in [-0.3, -0.25) is 24.1 Å². The number of hydrogen-bond donors (Lipinski definition) is 5. The van der Waals surface area contributed by atoms with E-state index in [2.05, 4.69) is 26.3 Å². The van der Waals surface area contributed by atoms with Crippen LogP contribution < -0.4 is 21.9 Å². The number of nitrogen functional groups attached to an aromatic ring is 1.